The highest BCUT2D eigenvalue weighted by Gasteiger charge is 2.29. The molecule has 1 saturated heterocycles. The van der Waals surface area contributed by atoms with Crippen LogP contribution in [0, 0.1) is 17.0 Å². The van der Waals surface area contributed by atoms with Crippen LogP contribution in [-0.2, 0) is 0 Å². The zero-order chi connectivity index (χ0) is 22.7. The van der Waals surface area contributed by atoms with Gasteiger partial charge in [-0.1, -0.05) is 17.7 Å². The van der Waals surface area contributed by atoms with Crippen molar-refractivity contribution in [3.05, 3.63) is 69.5 Å². The number of ether oxygens (including phenoxy) is 1. The van der Waals surface area contributed by atoms with Gasteiger partial charge in [-0.25, -0.2) is 9.97 Å². The van der Waals surface area contributed by atoms with Crippen LogP contribution in [0.4, 0.5) is 28.7 Å². The minimum atomic E-state index is -0.441. The second-order valence-electron chi connectivity index (χ2n) is 7.41. The van der Waals surface area contributed by atoms with Crippen LogP contribution in [-0.4, -0.2) is 48.2 Å². The van der Waals surface area contributed by atoms with Crippen molar-refractivity contribution >= 4 is 40.3 Å². The maximum Gasteiger partial charge on any atom is 0.353 e. The van der Waals surface area contributed by atoms with Gasteiger partial charge in [0, 0.05) is 42.6 Å². The van der Waals surface area contributed by atoms with Gasteiger partial charge >= 0.3 is 5.69 Å². The Morgan fingerprint density at radius 1 is 1.06 bits per heavy atom. The zero-order valence-electron chi connectivity index (χ0n) is 17.8. The molecule has 0 amide bonds. The van der Waals surface area contributed by atoms with E-state index in [0.29, 0.717) is 42.7 Å². The molecular formula is C22H23ClN6O3. The van der Waals surface area contributed by atoms with Gasteiger partial charge in [-0.15, -0.1) is 0 Å². The number of nitrogens with one attached hydrogen (secondary N) is 1. The summed E-state index contributed by atoms with van der Waals surface area (Å²) in [4.78, 5) is 24.0. The molecule has 1 aromatic heterocycles. The van der Waals surface area contributed by atoms with Gasteiger partial charge < -0.3 is 19.9 Å². The topological polar surface area (TPSA) is 96.7 Å². The molecule has 1 N–H and O–H groups in total. The lowest BCUT2D eigenvalue weighted by Crippen LogP contribution is -2.47. The molecule has 166 valence electrons. The molecule has 10 heteroatoms. The summed E-state index contributed by atoms with van der Waals surface area (Å²) in [6.45, 7) is 4.51. The van der Waals surface area contributed by atoms with Crippen LogP contribution in [0.5, 0.6) is 5.75 Å². The molecule has 4 rings (SSSR count). The smallest absolute Gasteiger partial charge is 0.353 e. The third kappa shape index (κ3) is 4.52. The van der Waals surface area contributed by atoms with Crippen molar-refractivity contribution in [1.29, 1.82) is 0 Å². The molecule has 0 aliphatic carbocycles. The molecule has 0 unspecified atom stereocenters. The lowest BCUT2D eigenvalue weighted by molar-refractivity contribution is -0.383. The van der Waals surface area contributed by atoms with E-state index in [9.17, 15) is 10.1 Å². The second kappa shape index (κ2) is 9.27. The molecule has 9 nitrogen and oxygen atoms in total. The van der Waals surface area contributed by atoms with Crippen LogP contribution in [0.25, 0.3) is 0 Å². The standard InChI is InChI=1S/C22H23ClN6O3/c1-15-3-4-16(13-19(15)23)26-21-20(29(30)31)22(25-14-24-21)28-11-9-27(10-12-28)17-5-7-18(32-2)8-6-17/h3-8,13-14H,9-12H2,1-2H3,(H,24,25,26). The van der Waals surface area contributed by atoms with Gasteiger partial charge in [0.1, 0.15) is 12.1 Å². The molecule has 1 fully saturated rings. The van der Waals surface area contributed by atoms with Crippen LogP contribution in [0.1, 0.15) is 5.56 Å². The molecule has 32 heavy (non-hydrogen) atoms. The Kier molecular flexibility index (Phi) is 6.27. The fourth-order valence-corrected chi connectivity index (χ4v) is 3.82. The first-order valence-electron chi connectivity index (χ1n) is 10.1. The quantitative estimate of drug-likeness (QED) is 0.431. The zero-order valence-corrected chi connectivity index (χ0v) is 18.5. The van der Waals surface area contributed by atoms with Gasteiger partial charge in [-0.05, 0) is 48.9 Å². The van der Waals surface area contributed by atoms with Gasteiger partial charge in [-0.3, -0.25) is 10.1 Å². The van der Waals surface area contributed by atoms with E-state index in [1.165, 1.54) is 6.33 Å². The van der Waals surface area contributed by atoms with Gasteiger partial charge in [0.05, 0.1) is 12.0 Å². The number of methoxy groups -OCH3 is 1. The van der Waals surface area contributed by atoms with Crippen molar-refractivity contribution in [3.8, 4) is 5.75 Å². The number of hydrogen-bond donors (Lipinski definition) is 1. The number of hydrogen-bond acceptors (Lipinski definition) is 8. The third-order valence-corrected chi connectivity index (χ3v) is 5.84. The Balaban J connectivity index is 1.54. The summed E-state index contributed by atoms with van der Waals surface area (Å²) in [6.07, 6.45) is 1.34. The van der Waals surface area contributed by atoms with Crippen LogP contribution in [0.2, 0.25) is 5.02 Å². The molecule has 2 heterocycles. The number of nitro groups is 1. The number of benzene rings is 2. The maximum absolute atomic E-state index is 12.0. The van der Waals surface area contributed by atoms with Crippen molar-refractivity contribution in [1.82, 2.24) is 9.97 Å². The third-order valence-electron chi connectivity index (χ3n) is 5.44. The van der Waals surface area contributed by atoms with Crippen LogP contribution >= 0.6 is 11.6 Å². The van der Waals surface area contributed by atoms with E-state index in [4.69, 9.17) is 16.3 Å². The first-order chi connectivity index (χ1) is 15.5. The first kappa shape index (κ1) is 21.6. The number of anilines is 4. The highest BCUT2D eigenvalue weighted by Crippen LogP contribution is 2.35. The lowest BCUT2D eigenvalue weighted by atomic mass is 10.2. The molecule has 3 aromatic rings. The Labute approximate surface area is 190 Å². The Hall–Kier alpha value is -3.59. The first-order valence-corrected chi connectivity index (χ1v) is 10.5. The number of rotatable bonds is 6. The van der Waals surface area contributed by atoms with E-state index in [-0.39, 0.29) is 11.5 Å². The summed E-state index contributed by atoms with van der Waals surface area (Å²) >= 11 is 6.19. The van der Waals surface area contributed by atoms with Crippen LogP contribution < -0.4 is 19.9 Å². The number of nitrogens with zero attached hydrogens (tertiary/aromatic N) is 5. The predicted molar refractivity (Wildman–Crippen MR) is 126 cm³/mol. The summed E-state index contributed by atoms with van der Waals surface area (Å²) in [5.74, 6) is 1.25. The van der Waals surface area contributed by atoms with Crippen molar-refractivity contribution in [3.63, 3.8) is 0 Å². The monoisotopic (exact) mass is 454 g/mol. The fourth-order valence-electron chi connectivity index (χ4n) is 3.64. The van der Waals surface area contributed by atoms with E-state index in [1.807, 2.05) is 42.2 Å². The van der Waals surface area contributed by atoms with Crippen molar-refractivity contribution < 1.29 is 9.66 Å². The minimum Gasteiger partial charge on any atom is -0.497 e. The summed E-state index contributed by atoms with van der Waals surface area (Å²) in [5, 5.41) is 15.5. The number of aryl methyl sites for hydroxylation is 1. The number of halogens is 1. The molecule has 0 spiro atoms. The average Bonchev–Trinajstić information content (AvgIpc) is 2.81. The van der Waals surface area contributed by atoms with Gasteiger partial charge in [0.2, 0.25) is 11.6 Å². The van der Waals surface area contributed by atoms with Crippen molar-refractivity contribution in [2.75, 3.05) is 48.4 Å². The summed E-state index contributed by atoms with van der Waals surface area (Å²) in [5.41, 5.74) is 2.48. The number of aromatic nitrogens is 2. The van der Waals surface area contributed by atoms with E-state index in [0.717, 1.165) is 17.0 Å². The predicted octanol–water partition coefficient (Wildman–Crippen LogP) is 4.43. The van der Waals surface area contributed by atoms with E-state index in [2.05, 4.69) is 20.2 Å². The average molecular weight is 455 g/mol. The fraction of sp³-hybridized carbons (Fsp3) is 0.273. The largest absolute Gasteiger partial charge is 0.497 e. The normalized spacial score (nSPS) is 13.7. The van der Waals surface area contributed by atoms with E-state index in [1.54, 1.807) is 19.2 Å². The van der Waals surface area contributed by atoms with Gasteiger partial charge in [-0.2, -0.15) is 0 Å². The Morgan fingerprint density at radius 2 is 1.75 bits per heavy atom. The lowest BCUT2D eigenvalue weighted by Gasteiger charge is -2.36. The van der Waals surface area contributed by atoms with Crippen LogP contribution in [0.15, 0.2) is 48.8 Å². The van der Waals surface area contributed by atoms with Gasteiger partial charge in [0.15, 0.2) is 0 Å². The van der Waals surface area contributed by atoms with E-state index < -0.39 is 4.92 Å². The highest BCUT2D eigenvalue weighted by molar-refractivity contribution is 6.31. The van der Waals surface area contributed by atoms with Crippen LogP contribution in [0.3, 0.4) is 0 Å². The summed E-state index contributed by atoms with van der Waals surface area (Å²) in [7, 11) is 1.64. The molecular weight excluding hydrogens is 432 g/mol. The van der Waals surface area contributed by atoms with Crippen molar-refractivity contribution in [2.45, 2.75) is 6.92 Å². The van der Waals surface area contributed by atoms with E-state index >= 15 is 0 Å². The SMILES string of the molecule is COc1ccc(N2CCN(c3ncnc(Nc4ccc(C)c(Cl)c4)c3[N+](=O)[O-])CC2)cc1. The molecule has 0 atom stereocenters. The second-order valence-corrected chi connectivity index (χ2v) is 7.82. The molecule has 0 bridgehead atoms. The molecule has 2 aromatic carbocycles. The number of piperazine rings is 1. The maximum atomic E-state index is 12.0. The minimum absolute atomic E-state index is 0.137. The molecule has 1 aliphatic rings. The summed E-state index contributed by atoms with van der Waals surface area (Å²) < 4.78 is 5.22. The molecule has 1 aliphatic heterocycles. The summed E-state index contributed by atoms with van der Waals surface area (Å²) in [6, 6.07) is 13.2. The molecule has 0 saturated carbocycles. The Bertz CT molecular complexity index is 1120. The Morgan fingerprint density at radius 3 is 2.38 bits per heavy atom. The van der Waals surface area contributed by atoms with Gasteiger partial charge in [0.25, 0.3) is 0 Å². The molecule has 0 radical (unpaired) electrons. The highest BCUT2D eigenvalue weighted by atomic mass is 35.5. The van der Waals surface area contributed by atoms with Crippen molar-refractivity contribution in [2.24, 2.45) is 0 Å².